The average molecular weight is 357 g/mol. The number of rotatable bonds is 5. The summed E-state index contributed by atoms with van der Waals surface area (Å²) >= 11 is 0. The van der Waals surface area contributed by atoms with Crippen LogP contribution in [-0.2, 0) is 0 Å². The highest BCUT2D eigenvalue weighted by Gasteiger charge is 2.24. The van der Waals surface area contributed by atoms with Crippen molar-refractivity contribution in [2.24, 2.45) is 0 Å². The van der Waals surface area contributed by atoms with E-state index < -0.39 is 10.9 Å². The molecule has 0 N–H and O–H groups in total. The maximum atomic E-state index is 12.5. The zero-order chi connectivity index (χ0) is 18.8. The van der Waals surface area contributed by atoms with Crippen LogP contribution in [0.3, 0.4) is 0 Å². The number of furan rings is 1. The molecule has 0 spiro atoms. The van der Waals surface area contributed by atoms with Gasteiger partial charge in [0.15, 0.2) is 0 Å². The van der Waals surface area contributed by atoms with Crippen molar-refractivity contribution in [2.75, 3.05) is 14.2 Å². The van der Waals surface area contributed by atoms with Crippen LogP contribution in [0.25, 0.3) is 11.0 Å². The van der Waals surface area contributed by atoms with Gasteiger partial charge in [0.25, 0.3) is 0 Å². The van der Waals surface area contributed by atoms with Gasteiger partial charge in [0.05, 0.1) is 25.2 Å². The van der Waals surface area contributed by atoms with Crippen molar-refractivity contribution >= 4 is 22.6 Å². The third kappa shape index (κ3) is 3.04. The van der Waals surface area contributed by atoms with Gasteiger partial charge in [-0.25, -0.2) is 4.79 Å². The molecule has 0 saturated heterocycles. The molecule has 0 aliphatic carbocycles. The molecule has 26 heavy (non-hydrogen) atoms. The van der Waals surface area contributed by atoms with Gasteiger partial charge >= 0.3 is 11.7 Å². The summed E-state index contributed by atoms with van der Waals surface area (Å²) in [5.41, 5.74) is 0.660. The van der Waals surface area contributed by atoms with Gasteiger partial charge in [-0.05, 0) is 37.3 Å². The van der Waals surface area contributed by atoms with Crippen molar-refractivity contribution in [3.05, 3.63) is 57.8 Å². The van der Waals surface area contributed by atoms with E-state index in [0.717, 1.165) is 0 Å². The monoisotopic (exact) mass is 357 g/mol. The smallest absolute Gasteiger partial charge is 0.380 e. The number of methoxy groups -OCH3 is 2. The van der Waals surface area contributed by atoms with Crippen molar-refractivity contribution in [1.82, 2.24) is 0 Å². The number of nitro benzene ring substituents is 1. The molecule has 3 aromatic rings. The van der Waals surface area contributed by atoms with E-state index in [1.54, 1.807) is 25.1 Å². The Kier molecular flexibility index (Phi) is 4.49. The number of fused-ring (bicyclic) bond motifs is 1. The molecule has 1 heterocycles. The standard InChI is InChI=1S/C18H15NO7/c1-10-13-8-11(23-2)4-6-15(13)25-17(10)18(20)26-16-7-5-12(24-3)9-14(16)19(21)22/h4-9H,1-3H3. The zero-order valence-electron chi connectivity index (χ0n) is 14.3. The summed E-state index contributed by atoms with van der Waals surface area (Å²) < 4.78 is 20.9. The second kappa shape index (κ2) is 6.75. The number of benzene rings is 2. The number of aryl methyl sites for hydroxylation is 1. The lowest BCUT2D eigenvalue weighted by Crippen LogP contribution is -2.10. The largest absolute Gasteiger partial charge is 0.497 e. The van der Waals surface area contributed by atoms with Gasteiger partial charge in [-0.15, -0.1) is 0 Å². The van der Waals surface area contributed by atoms with Gasteiger partial charge in [0, 0.05) is 10.9 Å². The number of hydrogen-bond donors (Lipinski definition) is 0. The predicted octanol–water partition coefficient (Wildman–Crippen LogP) is 3.89. The van der Waals surface area contributed by atoms with Gasteiger partial charge in [0.1, 0.15) is 17.1 Å². The Bertz CT molecular complexity index is 1010. The molecular weight excluding hydrogens is 342 g/mol. The number of carbonyl (C=O) groups excluding carboxylic acids is 1. The van der Waals surface area contributed by atoms with Gasteiger partial charge < -0.3 is 18.6 Å². The fourth-order valence-corrected chi connectivity index (χ4v) is 2.52. The molecule has 0 bridgehead atoms. The quantitative estimate of drug-likeness (QED) is 0.295. The van der Waals surface area contributed by atoms with Crippen LogP contribution in [0.1, 0.15) is 16.1 Å². The van der Waals surface area contributed by atoms with E-state index in [4.69, 9.17) is 18.6 Å². The molecule has 0 aliphatic heterocycles. The third-order valence-corrected chi connectivity index (χ3v) is 3.89. The summed E-state index contributed by atoms with van der Waals surface area (Å²) in [6, 6.07) is 9.06. The Balaban J connectivity index is 1.97. The number of carbonyl (C=O) groups is 1. The number of hydrogen-bond acceptors (Lipinski definition) is 7. The van der Waals surface area contributed by atoms with Gasteiger partial charge in [0.2, 0.25) is 11.5 Å². The Hall–Kier alpha value is -3.55. The molecule has 0 amide bonds. The first-order chi connectivity index (χ1) is 12.4. The van der Waals surface area contributed by atoms with Crippen LogP contribution in [0, 0.1) is 17.0 Å². The first-order valence-corrected chi connectivity index (χ1v) is 7.56. The van der Waals surface area contributed by atoms with E-state index in [-0.39, 0.29) is 22.9 Å². The summed E-state index contributed by atoms with van der Waals surface area (Å²) in [6.45, 7) is 1.70. The Morgan fingerprint density at radius 1 is 1.08 bits per heavy atom. The van der Waals surface area contributed by atoms with Crippen LogP contribution < -0.4 is 14.2 Å². The SMILES string of the molecule is COc1ccc(OC(=O)c2oc3ccc(OC)cc3c2C)c([N+](=O)[O-])c1. The minimum atomic E-state index is -0.828. The topological polar surface area (TPSA) is 101 Å². The maximum Gasteiger partial charge on any atom is 0.380 e. The van der Waals surface area contributed by atoms with Gasteiger partial charge in [-0.3, -0.25) is 10.1 Å². The van der Waals surface area contributed by atoms with E-state index in [2.05, 4.69) is 0 Å². The Labute approximate surface area is 148 Å². The number of esters is 1. The average Bonchev–Trinajstić information content (AvgIpc) is 2.98. The predicted molar refractivity (Wildman–Crippen MR) is 92.1 cm³/mol. The minimum absolute atomic E-state index is 0.0293. The Morgan fingerprint density at radius 2 is 1.73 bits per heavy atom. The second-order valence-electron chi connectivity index (χ2n) is 5.40. The van der Waals surface area contributed by atoms with Crippen LogP contribution in [0.4, 0.5) is 5.69 Å². The fraction of sp³-hybridized carbons (Fsp3) is 0.167. The highest BCUT2D eigenvalue weighted by molar-refractivity contribution is 5.97. The number of nitrogens with zero attached hydrogens (tertiary/aromatic N) is 1. The van der Waals surface area contributed by atoms with Crippen molar-refractivity contribution in [3.63, 3.8) is 0 Å². The molecule has 0 fully saturated rings. The van der Waals surface area contributed by atoms with E-state index in [1.165, 1.54) is 32.4 Å². The molecule has 0 saturated carbocycles. The molecule has 0 radical (unpaired) electrons. The minimum Gasteiger partial charge on any atom is -0.497 e. The molecular formula is C18H15NO7. The molecule has 2 aromatic carbocycles. The summed E-state index contributed by atoms with van der Waals surface area (Å²) in [5.74, 6) is -0.154. The van der Waals surface area contributed by atoms with Crippen molar-refractivity contribution in [2.45, 2.75) is 6.92 Å². The number of nitro groups is 1. The highest BCUT2D eigenvalue weighted by Crippen LogP contribution is 2.33. The van der Waals surface area contributed by atoms with E-state index in [9.17, 15) is 14.9 Å². The molecule has 134 valence electrons. The van der Waals surface area contributed by atoms with Crippen molar-refractivity contribution < 1.29 is 28.3 Å². The fourth-order valence-electron chi connectivity index (χ4n) is 2.52. The lowest BCUT2D eigenvalue weighted by Gasteiger charge is -2.05. The van der Waals surface area contributed by atoms with Crippen LogP contribution in [0.15, 0.2) is 40.8 Å². The highest BCUT2D eigenvalue weighted by atomic mass is 16.6. The van der Waals surface area contributed by atoms with E-state index in [0.29, 0.717) is 22.3 Å². The molecule has 1 aromatic heterocycles. The van der Waals surface area contributed by atoms with E-state index in [1.807, 2.05) is 0 Å². The first kappa shape index (κ1) is 17.3. The zero-order valence-corrected chi connectivity index (χ0v) is 14.3. The first-order valence-electron chi connectivity index (χ1n) is 7.56. The summed E-state index contributed by atoms with van der Waals surface area (Å²) in [7, 11) is 2.92. The lowest BCUT2D eigenvalue weighted by molar-refractivity contribution is -0.385. The molecule has 8 heteroatoms. The molecule has 0 aliphatic rings. The van der Waals surface area contributed by atoms with Gasteiger partial charge in [-0.1, -0.05) is 0 Å². The lowest BCUT2D eigenvalue weighted by atomic mass is 10.1. The summed E-state index contributed by atoms with van der Waals surface area (Å²) in [6.07, 6.45) is 0. The molecule has 0 unspecified atom stereocenters. The summed E-state index contributed by atoms with van der Waals surface area (Å²) in [5, 5.41) is 11.9. The van der Waals surface area contributed by atoms with Crippen LogP contribution >= 0.6 is 0 Å². The normalized spacial score (nSPS) is 10.6. The van der Waals surface area contributed by atoms with Gasteiger partial charge in [-0.2, -0.15) is 0 Å². The van der Waals surface area contributed by atoms with Crippen molar-refractivity contribution in [1.29, 1.82) is 0 Å². The van der Waals surface area contributed by atoms with Crippen molar-refractivity contribution in [3.8, 4) is 17.2 Å². The van der Waals surface area contributed by atoms with E-state index >= 15 is 0 Å². The van der Waals surface area contributed by atoms with Crippen LogP contribution in [0.2, 0.25) is 0 Å². The van der Waals surface area contributed by atoms with Crippen LogP contribution in [-0.4, -0.2) is 25.1 Å². The second-order valence-corrected chi connectivity index (χ2v) is 5.40. The Morgan fingerprint density at radius 3 is 2.38 bits per heavy atom. The molecule has 0 atom stereocenters. The molecule has 8 nitrogen and oxygen atoms in total. The summed E-state index contributed by atoms with van der Waals surface area (Å²) in [4.78, 5) is 23.0. The maximum absolute atomic E-state index is 12.5. The van der Waals surface area contributed by atoms with Crippen LogP contribution in [0.5, 0.6) is 17.2 Å². The number of ether oxygens (including phenoxy) is 3. The third-order valence-electron chi connectivity index (χ3n) is 3.89. The molecule has 3 rings (SSSR count).